The van der Waals surface area contributed by atoms with E-state index in [4.69, 9.17) is 19.9 Å². The summed E-state index contributed by atoms with van der Waals surface area (Å²) in [6.45, 7) is 0. The molecule has 3 heterocycles. The number of allylic oxidation sites excluding steroid dienone is 1. The van der Waals surface area contributed by atoms with E-state index in [1.807, 2.05) is 29.6 Å². The molecule has 1 aliphatic heterocycles. The van der Waals surface area contributed by atoms with E-state index >= 15 is 0 Å². The first-order valence-electron chi connectivity index (χ1n) is 8.09. The van der Waals surface area contributed by atoms with Gasteiger partial charge in [-0.25, -0.2) is 0 Å². The van der Waals surface area contributed by atoms with Gasteiger partial charge in [-0.3, -0.25) is 5.10 Å². The Kier molecular flexibility index (Phi) is 4.22. The van der Waals surface area contributed by atoms with Gasteiger partial charge in [0.1, 0.15) is 23.1 Å². The minimum Gasteiger partial charge on any atom is -0.497 e. The highest BCUT2D eigenvalue weighted by atomic mass is 32.1. The molecule has 0 radical (unpaired) electrons. The van der Waals surface area contributed by atoms with Gasteiger partial charge >= 0.3 is 0 Å². The number of nitriles is 1. The van der Waals surface area contributed by atoms with E-state index in [1.165, 1.54) is 0 Å². The SMILES string of the molecule is COc1cc(OC)cc([C@@H]2C(C#N)=C(N)Oc3n[nH]c(-c4cccs4)c32)c1. The van der Waals surface area contributed by atoms with Gasteiger partial charge in [0.25, 0.3) is 0 Å². The lowest BCUT2D eigenvalue weighted by Crippen LogP contribution is -2.21. The molecule has 0 aliphatic carbocycles. The Morgan fingerprint density at radius 2 is 2.00 bits per heavy atom. The van der Waals surface area contributed by atoms with Crippen molar-refractivity contribution in [1.82, 2.24) is 10.2 Å². The Hall–Kier alpha value is -3.44. The second-order valence-corrected chi connectivity index (χ2v) is 6.81. The van der Waals surface area contributed by atoms with Crippen molar-refractivity contribution >= 4 is 11.3 Å². The van der Waals surface area contributed by atoms with Gasteiger partial charge < -0.3 is 19.9 Å². The van der Waals surface area contributed by atoms with Crippen LogP contribution in [0.5, 0.6) is 17.4 Å². The molecule has 27 heavy (non-hydrogen) atoms. The van der Waals surface area contributed by atoms with Crippen molar-refractivity contribution in [3.8, 4) is 34.0 Å². The van der Waals surface area contributed by atoms with Crippen molar-refractivity contribution in [3.63, 3.8) is 0 Å². The predicted octanol–water partition coefficient (Wildman–Crippen LogP) is 3.37. The van der Waals surface area contributed by atoms with E-state index in [0.29, 0.717) is 23.0 Å². The maximum Gasteiger partial charge on any atom is 0.244 e. The first-order chi connectivity index (χ1) is 13.2. The standard InChI is InChI=1S/C19H16N4O3S/c1-24-11-6-10(7-12(8-11)25-2)15-13(9-20)18(21)26-19-16(15)17(22-23-19)14-4-3-5-27-14/h3-8,15H,21H2,1-2H3,(H,22,23)/t15-/m1/s1. The Bertz CT molecular complexity index is 1040. The predicted molar refractivity (Wildman–Crippen MR) is 101 cm³/mol. The number of benzene rings is 1. The van der Waals surface area contributed by atoms with Gasteiger partial charge in [0.2, 0.25) is 11.8 Å². The number of H-pyrrole nitrogens is 1. The van der Waals surface area contributed by atoms with Crippen molar-refractivity contribution < 1.29 is 14.2 Å². The lowest BCUT2D eigenvalue weighted by atomic mass is 9.83. The molecule has 136 valence electrons. The number of hydrogen-bond acceptors (Lipinski definition) is 7. The molecular formula is C19H16N4O3S. The summed E-state index contributed by atoms with van der Waals surface area (Å²) in [4.78, 5) is 0.991. The minimum atomic E-state index is -0.460. The molecule has 0 spiro atoms. The molecule has 0 saturated carbocycles. The molecule has 0 bridgehead atoms. The zero-order chi connectivity index (χ0) is 19.0. The quantitative estimate of drug-likeness (QED) is 0.719. The number of aromatic amines is 1. The summed E-state index contributed by atoms with van der Waals surface area (Å²) >= 11 is 1.57. The zero-order valence-corrected chi connectivity index (χ0v) is 15.5. The van der Waals surface area contributed by atoms with Gasteiger partial charge in [-0.15, -0.1) is 16.4 Å². The van der Waals surface area contributed by atoms with Crippen LogP contribution in [0.25, 0.3) is 10.6 Å². The number of ether oxygens (including phenoxy) is 3. The topological polar surface area (TPSA) is 106 Å². The molecular weight excluding hydrogens is 364 g/mol. The largest absolute Gasteiger partial charge is 0.497 e. The van der Waals surface area contributed by atoms with Crippen LogP contribution < -0.4 is 19.9 Å². The first kappa shape index (κ1) is 17.0. The maximum atomic E-state index is 9.77. The number of nitrogens with one attached hydrogen (secondary N) is 1. The van der Waals surface area contributed by atoms with Gasteiger partial charge in [0.05, 0.1) is 36.3 Å². The van der Waals surface area contributed by atoms with E-state index < -0.39 is 5.92 Å². The van der Waals surface area contributed by atoms with E-state index in [1.54, 1.807) is 31.6 Å². The number of rotatable bonds is 4. The summed E-state index contributed by atoms with van der Waals surface area (Å²) in [5.74, 6) is 1.19. The number of thiophene rings is 1. The Morgan fingerprint density at radius 3 is 2.59 bits per heavy atom. The normalized spacial score (nSPS) is 15.7. The molecule has 8 heteroatoms. The van der Waals surface area contributed by atoms with Crippen molar-refractivity contribution in [2.45, 2.75) is 5.92 Å². The summed E-state index contributed by atoms with van der Waals surface area (Å²) in [5, 5.41) is 19.0. The first-order valence-corrected chi connectivity index (χ1v) is 8.97. The maximum absolute atomic E-state index is 9.77. The molecule has 0 amide bonds. The molecule has 7 nitrogen and oxygen atoms in total. The third-order valence-corrected chi connectivity index (χ3v) is 5.30. The number of fused-ring (bicyclic) bond motifs is 1. The van der Waals surface area contributed by atoms with E-state index in [2.05, 4.69) is 16.3 Å². The molecule has 0 fully saturated rings. The lowest BCUT2D eigenvalue weighted by Gasteiger charge is -2.24. The van der Waals surface area contributed by atoms with Crippen LogP contribution in [0.15, 0.2) is 47.2 Å². The molecule has 0 saturated heterocycles. The second-order valence-electron chi connectivity index (χ2n) is 5.87. The van der Waals surface area contributed by atoms with Crippen LogP contribution >= 0.6 is 11.3 Å². The van der Waals surface area contributed by atoms with Crippen molar-refractivity contribution in [2.24, 2.45) is 5.73 Å². The lowest BCUT2D eigenvalue weighted by molar-refractivity contribution is 0.377. The van der Waals surface area contributed by atoms with Crippen LogP contribution in [0.3, 0.4) is 0 Å². The number of hydrogen-bond donors (Lipinski definition) is 2. The fraction of sp³-hybridized carbons (Fsp3) is 0.158. The summed E-state index contributed by atoms with van der Waals surface area (Å²) in [5.41, 5.74) is 8.70. The average Bonchev–Trinajstić information content (AvgIpc) is 3.35. The van der Waals surface area contributed by atoms with Crippen LogP contribution in [0, 0.1) is 11.3 Å². The van der Waals surface area contributed by atoms with Crippen LogP contribution in [0.2, 0.25) is 0 Å². The Labute approximate surface area is 159 Å². The number of methoxy groups -OCH3 is 2. The Balaban J connectivity index is 1.97. The third-order valence-electron chi connectivity index (χ3n) is 4.41. The van der Waals surface area contributed by atoms with Crippen LogP contribution in [-0.2, 0) is 0 Å². The zero-order valence-electron chi connectivity index (χ0n) is 14.6. The second kappa shape index (κ2) is 6.70. The highest BCUT2D eigenvalue weighted by molar-refractivity contribution is 7.13. The molecule has 4 rings (SSSR count). The van der Waals surface area contributed by atoms with Crippen LogP contribution in [0.4, 0.5) is 0 Å². The van der Waals surface area contributed by atoms with Gasteiger partial charge in [-0.2, -0.15) is 5.26 Å². The highest BCUT2D eigenvalue weighted by Crippen LogP contribution is 2.47. The number of aromatic nitrogens is 2. The molecule has 3 N–H and O–H groups in total. The van der Waals surface area contributed by atoms with Gasteiger partial charge in [0.15, 0.2) is 0 Å². The van der Waals surface area contributed by atoms with Crippen LogP contribution in [0.1, 0.15) is 17.0 Å². The smallest absolute Gasteiger partial charge is 0.244 e. The molecule has 3 aromatic rings. The van der Waals surface area contributed by atoms with E-state index in [-0.39, 0.29) is 5.88 Å². The molecule has 2 aromatic heterocycles. The van der Waals surface area contributed by atoms with Gasteiger partial charge in [0, 0.05) is 6.07 Å². The number of nitrogens with zero attached hydrogens (tertiary/aromatic N) is 2. The average molecular weight is 380 g/mol. The van der Waals surface area contributed by atoms with Gasteiger partial charge in [-0.1, -0.05) is 6.07 Å². The highest BCUT2D eigenvalue weighted by Gasteiger charge is 2.36. The van der Waals surface area contributed by atoms with Crippen molar-refractivity contribution in [1.29, 1.82) is 5.26 Å². The molecule has 1 aromatic carbocycles. The monoisotopic (exact) mass is 380 g/mol. The third kappa shape index (κ3) is 2.78. The van der Waals surface area contributed by atoms with Crippen molar-refractivity contribution in [3.05, 3.63) is 58.3 Å². The summed E-state index contributed by atoms with van der Waals surface area (Å²) in [6.07, 6.45) is 0. The molecule has 0 unspecified atom stereocenters. The summed E-state index contributed by atoms with van der Waals surface area (Å²) in [7, 11) is 3.16. The minimum absolute atomic E-state index is 0.0426. The summed E-state index contributed by atoms with van der Waals surface area (Å²) in [6, 6.07) is 11.6. The van der Waals surface area contributed by atoms with Crippen molar-refractivity contribution in [2.75, 3.05) is 14.2 Å². The molecule has 1 atom stereocenters. The van der Waals surface area contributed by atoms with E-state index in [0.717, 1.165) is 21.7 Å². The summed E-state index contributed by atoms with van der Waals surface area (Å²) < 4.78 is 16.4. The fourth-order valence-electron chi connectivity index (χ4n) is 3.18. The molecule has 1 aliphatic rings. The van der Waals surface area contributed by atoms with Gasteiger partial charge in [-0.05, 0) is 29.1 Å². The van der Waals surface area contributed by atoms with E-state index in [9.17, 15) is 5.26 Å². The van der Waals surface area contributed by atoms with Crippen LogP contribution in [-0.4, -0.2) is 24.4 Å². The number of nitrogens with two attached hydrogens (primary N) is 1. The fourth-order valence-corrected chi connectivity index (χ4v) is 3.92. The Morgan fingerprint density at radius 1 is 1.26 bits per heavy atom.